The highest BCUT2D eigenvalue weighted by Gasteiger charge is 2.23. The van der Waals surface area contributed by atoms with Crippen molar-refractivity contribution < 1.29 is 4.79 Å². The molecule has 2 unspecified atom stereocenters. The van der Waals surface area contributed by atoms with Crippen molar-refractivity contribution >= 4 is 11.7 Å². The highest BCUT2D eigenvalue weighted by molar-refractivity contribution is 5.94. The molecule has 1 amide bonds. The highest BCUT2D eigenvalue weighted by atomic mass is 16.1. The maximum Gasteiger partial charge on any atom is 0.253 e. The standard InChI is InChI=1S/C18H28N4O/c1-14-8-9-19-13-16(14)21-18(23)15-6-7-17(20-12-15)22-10-4-2-3-5-11-22/h6-7,12,14,16,19H,2-5,8-11,13H2,1H3,(H,21,23). The molecule has 0 spiro atoms. The van der Waals surface area contributed by atoms with Crippen molar-refractivity contribution in [1.29, 1.82) is 0 Å². The third kappa shape index (κ3) is 4.22. The molecule has 3 rings (SSSR count). The molecule has 0 aromatic carbocycles. The Labute approximate surface area is 138 Å². The molecule has 2 aliphatic rings. The quantitative estimate of drug-likeness (QED) is 0.897. The van der Waals surface area contributed by atoms with E-state index in [1.807, 2.05) is 12.1 Å². The van der Waals surface area contributed by atoms with Crippen LogP contribution in [0.1, 0.15) is 49.4 Å². The van der Waals surface area contributed by atoms with E-state index in [0.29, 0.717) is 11.5 Å². The zero-order valence-electron chi connectivity index (χ0n) is 14.1. The molecule has 2 N–H and O–H groups in total. The van der Waals surface area contributed by atoms with Gasteiger partial charge in [-0.05, 0) is 43.9 Å². The normalized spacial score (nSPS) is 25.7. The Kier molecular flexibility index (Phi) is 5.49. The Bertz CT molecular complexity index is 508. The average molecular weight is 316 g/mol. The molecule has 1 aromatic rings. The Hall–Kier alpha value is -1.62. The van der Waals surface area contributed by atoms with Crippen molar-refractivity contribution in [1.82, 2.24) is 15.6 Å². The van der Waals surface area contributed by atoms with Crippen molar-refractivity contribution in [2.45, 2.75) is 45.1 Å². The van der Waals surface area contributed by atoms with E-state index in [-0.39, 0.29) is 11.9 Å². The van der Waals surface area contributed by atoms with E-state index in [2.05, 4.69) is 27.4 Å². The van der Waals surface area contributed by atoms with E-state index < -0.39 is 0 Å². The van der Waals surface area contributed by atoms with Crippen LogP contribution in [0.2, 0.25) is 0 Å². The number of amides is 1. The van der Waals surface area contributed by atoms with Gasteiger partial charge >= 0.3 is 0 Å². The summed E-state index contributed by atoms with van der Waals surface area (Å²) < 4.78 is 0. The lowest BCUT2D eigenvalue weighted by atomic mass is 9.94. The zero-order valence-corrected chi connectivity index (χ0v) is 14.1. The molecule has 2 fully saturated rings. The SMILES string of the molecule is CC1CCNCC1NC(=O)c1ccc(N2CCCCCC2)nc1. The van der Waals surface area contributed by atoms with Crippen LogP contribution in [0, 0.1) is 5.92 Å². The minimum Gasteiger partial charge on any atom is -0.357 e. The summed E-state index contributed by atoms with van der Waals surface area (Å²) >= 11 is 0. The molecule has 2 saturated heterocycles. The molecule has 2 atom stereocenters. The Balaban J connectivity index is 1.60. The van der Waals surface area contributed by atoms with E-state index in [4.69, 9.17) is 0 Å². The molecule has 126 valence electrons. The van der Waals surface area contributed by atoms with Gasteiger partial charge in [-0.3, -0.25) is 4.79 Å². The number of piperidine rings is 1. The molecule has 3 heterocycles. The molecule has 5 nitrogen and oxygen atoms in total. The van der Waals surface area contributed by atoms with Crippen molar-refractivity contribution in [2.75, 3.05) is 31.1 Å². The summed E-state index contributed by atoms with van der Waals surface area (Å²) in [5.74, 6) is 1.50. The van der Waals surface area contributed by atoms with E-state index in [1.165, 1.54) is 25.7 Å². The number of pyridine rings is 1. The van der Waals surface area contributed by atoms with Crippen LogP contribution >= 0.6 is 0 Å². The lowest BCUT2D eigenvalue weighted by molar-refractivity contribution is 0.0915. The fourth-order valence-corrected chi connectivity index (χ4v) is 3.44. The van der Waals surface area contributed by atoms with Crippen LogP contribution in [-0.4, -0.2) is 43.1 Å². The molecule has 0 saturated carbocycles. The van der Waals surface area contributed by atoms with Crippen LogP contribution in [0.5, 0.6) is 0 Å². The van der Waals surface area contributed by atoms with Gasteiger partial charge in [0.25, 0.3) is 5.91 Å². The van der Waals surface area contributed by atoms with E-state index >= 15 is 0 Å². The van der Waals surface area contributed by atoms with Crippen molar-refractivity contribution in [2.24, 2.45) is 5.92 Å². The summed E-state index contributed by atoms with van der Waals surface area (Å²) in [5.41, 5.74) is 0.654. The van der Waals surface area contributed by atoms with Crippen molar-refractivity contribution in [3.05, 3.63) is 23.9 Å². The molecule has 23 heavy (non-hydrogen) atoms. The summed E-state index contributed by atoms with van der Waals surface area (Å²) in [6, 6.07) is 4.10. The van der Waals surface area contributed by atoms with Crippen LogP contribution < -0.4 is 15.5 Å². The molecule has 5 heteroatoms. The Morgan fingerprint density at radius 1 is 1.26 bits per heavy atom. The molecular formula is C18H28N4O. The maximum atomic E-state index is 12.4. The smallest absolute Gasteiger partial charge is 0.253 e. The highest BCUT2D eigenvalue weighted by Crippen LogP contribution is 2.18. The first-order chi connectivity index (χ1) is 11.2. The van der Waals surface area contributed by atoms with E-state index in [0.717, 1.165) is 38.4 Å². The number of nitrogens with zero attached hydrogens (tertiary/aromatic N) is 2. The predicted octanol–water partition coefficient (Wildman–Crippen LogP) is 2.19. The van der Waals surface area contributed by atoms with Gasteiger partial charge in [0.1, 0.15) is 5.82 Å². The molecule has 0 aliphatic carbocycles. The van der Waals surface area contributed by atoms with E-state index in [1.54, 1.807) is 6.20 Å². The van der Waals surface area contributed by atoms with Gasteiger partial charge in [-0.25, -0.2) is 4.98 Å². The number of carbonyl (C=O) groups excluding carboxylic acids is 1. The lowest BCUT2D eigenvalue weighted by Gasteiger charge is -2.30. The van der Waals surface area contributed by atoms with Gasteiger partial charge in [-0.2, -0.15) is 0 Å². The first-order valence-electron chi connectivity index (χ1n) is 8.96. The second-order valence-electron chi connectivity index (χ2n) is 6.86. The van der Waals surface area contributed by atoms with Crippen LogP contribution in [0.25, 0.3) is 0 Å². The maximum absolute atomic E-state index is 12.4. The summed E-state index contributed by atoms with van der Waals surface area (Å²) in [7, 11) is 0. The van der Waals surface area contributed by atoms with Crippen LogP contribution in [-0.2, 0) is 0 Å². The zero-order chi connectivity index (χ0) is 16.1. The minimum absolute atomic E-state index is 0.0135. The largest absolute Gasteiger partial charge is 0.357 e. The fraction of sp³-hybridized carbons (Fsp3) is 0.667. The third-order valence-corrected chi connectivity index (χ3v) is 5.08. The summed E-state index contributed by atoms with van der Waals surface area (Å²) in [6.45, 7) is 6.24. The average Bonchev–Trinajstić information content (AvgIpc) is 2.86. The number of hydrogen-bond acceptors (Lipinski definition) is 4. The first kappa shape index (κ1) is 16.2. The topological polar surface area (TPSA) is 57.3 Å². The number of rotatable bonds is 3. The summed E-state index contributed by atoms with van der Waals surface area (Å²) in [6.07, 6.45) is 7.91. The van der Waals surface area contributed by atoms with Crippen molar-refractivity contribution in [3.8, 4) is 0 Å². The van der Waals surface area contributed by atoms with E-state index in [9.17, 15) is 4.79 Å². The molecule has 2 aliphatic heterocycles. The number of hydrogen-bond donors (Lipinski definition) is 2. The molecule has 0 bridgehead atoms. The van der Waals surface area contributed by atoms with Crippen LogP contribution in [0.3, 0.4) is 0 Å². The second-order valence-corrected chi connectivity index (χ2v) is 6.86. The molecule has 0 radical (unpaired) electrons. The lowest BCUT2D eigenvalue weighted by Crippen LogP contribution is -2.50. The van der Waals surface area contributed by atoms with Gasteiger partial charge in [0.2, 0.25) is 0 Å². The predicted molar refractivity (Wildman–Crippen MR) is 92.8 cm³/mol. The van der Waals surface area contributed by atoms with Crippen LogP contribution in [0.15, 0.2) is 18.3 Å². The van der Waals surface area contributed by atoms with Crippen molar-refractivity contribution in [3.63, 3.8) is 0 Å². The number of nitrogens with one attached hydrogen (secondary N) is 2. The second kappa shape index (κ2) is 7.77. The minimum atomic E-state index is -0.0135. The number of aromatic nitrogens is 1. The Morgan fingerprint density at radius 3 is 2.70 bits per heavy atom. The third-order valence-electron chi connectivity index (χ3n) is 5.08. The number of carbonyl (C=O) groups is 1. The molecular weight excluding hydrogens is 288 g/mol. The van der Waals surface area contributed by atoms with Gasteiger partial charge in [-0.15, -0.1) is 0 Å². The number of anilines is 1. The van der Waals surface area contributed by atoms with Gasteiger partial charge < -0.3 is 15.5 Å². The summed E-state index contributed by atoms with van der Waals surface area (Å²) in [4.78, 5) is 19.3. The van der Waals surface area contributed by atoms with Gasteiger partial charge in [0.05, 0.1) is 5.56 Å². The van der Waals surface area contributed by atoms with Crippen LogP contribution in [0.4, 0.5) is 5.82 Å². The molecule has 1 aromatic heterocycles. The fourth-order valence-electron chi connectivity index (χ4n) is 3.44. The van der Waals surface area contributed by atoms with Gasteiger partial charge in [0.15, 0.2) is 0 Å². The monoisotopic (exact) mass is 316 g/mol. The van der Waals surface area contributed by atoms with Gasteiger partial charge in [0, 0.05) is 31.9 Å². The summed E-state index contributed by atoms with van der Waals surface area (Å²) in [5, 5.41) is 6.48. The first-order valence-corrected chi connectivity index (χ1v) is 8.96. The Morgan fingerprint density at radius 2 is 2.04 bits per heavy atom. The van der Waals surface area contributed by atoms with Gasteiger partial charge in [-0.1, -0.05) is 19.8 Å².